The zero-order valence-electron chi connectivity index (χ0n) is 9.25. The quantitative estimate of drug-likeness (QED) is 0.858. The van der Waals surface area contributed by atoms with Crippen molar-refractivity contribution in [3.63, 3.8) is 0 Å². The van der Waals surface area contributed by atoms with Crippen LogP contribution in [0.15, 0.2) is 27.5 Å². The van der Waals surface area contributed by atoms with E-state index in [4.69, 9.17) is 8.94 Å². The van der Waals surface area contributed by atoms with Crippen LogP contribution in [0.25, 0.3) is 11.4 Å². The predicted molar refractivity (Wildman–Crippen MR) is 56.7 cm³/mol. The first-order valence-corrected chi connectivity index (χ1v) is 5.26. The lowest BCUT2D eigenvalue weighted by atomic mass is 10.0. The van der Waals surface area contributed by atoms with Crippen molar-refractivity contribution < 1.29 is 14.0 Å². The van der Waals surface area contributed by atoms with E-state index in [0.717, 1.165) is 5.56 Å². The monoisotopic (exact) mass is 222 g/mol. The number of rotatable bonds is 4. The summed E-state index contributed by atoms with van der Waals surface area (Å²) in [6, 6.07) is 1.76. The second kappa shape index (κ2) is 4.49. The zero-order chi connectivity index (χ0) is 11.5. The van der Waals surface area contributed by atoms with E-state index >= 15 is 0 Å². The first kappa shape index (κ1) is 10.9. The van der Waals surface area contributed by atoms with Crippen LogP contribution in [0, 0.1) is 0 Å². The Morgan fingerprint density at radius 3 is 2.94 bits per heavy atom. The molecule has 2 atom stereocenters. The Balaban J connectivity index is 2.20. The van der Waals surface area contributed by atoms with E-state index in [1.807, 2.05) is 13.8 Å². The highest BCUT2D eigenvalue weighted by molar-refractivity contribution is 5.51. The Hall–Kier alpha value is -1.62. The van der Waals surface area contributed by atoms with Crippen molar-refractivity contribution in [3.8, 4) is 11.4 Å². The molecule has 2 aromatic rings. The summed E-state index contributed by atoms with van der Waals surface area (Å²) in [5.74, 6) is 0.780. The van der Waals surface area contributed by atoms with E-state index < -0.39 is 6.10 Å². The summed E-state index contributed by atoms with van der Waals surface area (Å²) in [4.78, 5) is 4.22. The molecule has 0 fully saturated rings. The molecule has 86 valence electrons. The second-order valence-corrected chi connectivity index (χ2v) is 3.73. The summed E-state index contributed by atoms with van der Waals surface area (Å²) < 4.78 is 10.0. The van der Waals surface area contributed by atoms with Crippen LogP contribution in [0.4, 0.5) is 0 Å². The van der Waals surface area contributed by atoms with Gasteiger partial charge in [-0.25, -0.2) is 0 Å². The van der Waals surface area contributed by atoms with E-state index in [0.29, 0.717) is 18.1 Å². The van der Waals surface area contributed by atoms with Gasteiger partial charge in [0.25, 0.3) is 0 Å². The van der Waals surface area contributed by atoms with Gasteiger partial charge in [-0.15, -0.1) is 0 Å². The average molecular weight is 222 g/mol. The van der Waals surface area contributed by atoms with Crippen LogP contribution in [0.3, 0.4) is 0 Å². The number of aliphatic hydroxyl groups is 1. The first-order chi connectivity index (χ1) is 7.72. The molecule has 0 bridgehead atoms. The molecule has 2 rings (SSSR count). The number of aromatic nitrogens is 2. The molecular weight excluding hydrogens is 208 g/mol. The van der Waals surface area contributed by atoms with Gasteiger partial charge in [0.15, 0.2) is 0 Å². The molecule has 0 saturated heterocycles. The maximum Gasteiger partial charge on any atom is 0.232 e. The Bertz CT molecular complexity index is 436. The van der Waals surface area contributed by atoms with Crippen LogP contribution in [0.2, 0.25) is 0 Å². The van der Waals surface area contributed by atoms with Gasteiger partial charge >= 0.3 is 0 Å². The first-order valence-electron chi connectivity index (χ1n) is 5.26. The molecule has 5 heteroatoms. The Labute approximate surface area is 93.1 Å². The molecule has 2 unspecified atom stereocenters. The van der Waals surface area contributed by atoms with Gasteiger partial charge in [-0.05, 0) is 12.5 Å². The van der Waals surface area contributed by atoms with Crippen molar-refractivity contribution in [2.24, 2.45) is 0 Å². The summed E-state index contributed by atoms with van der Waals surface area (Å²) in [5.41, 5.74) is 0.771. The van der Waals surface area contributed by atoms with Gasteiger partial charge in [0, 0.05) is 0 Å². The minimum Gasteiger partial charge on any atom is -0.472 e. The smallest absolute Gasteiger partial charge is 0.232 e. The molecule has 0 aliphatic carbocycles. The fourth-order valence-electron chi connectivity index (χ4n) is 1.45. The van der Waals surface area contributed by atoms with Crippen molar-refractivity contribution in [2.75, 3.05) is 0 Å². The molecule has 16 heavy (non-hydrogen) atoms. The summed E-state index contributed by atoms with van der Waals surface area (Å²) in [7, 11) is 0. The van der Waals surface area contributed by atoms with Gasteiger partial charge in [0.2, 0.25) is 11.7 Å². The Morgan fingerprint density at radius 1 is 1.50 bits per heavy atom. The average Bonchev–Trinajstić information content (AvgIpc) is 2.96. The Morgan fingerprint density at radius 2 is 2.31 bits per heavy atom. The van der Waals surface area contributed by atoms with Crippen molar-refractivity contribution in [3.05, 3.63) is 24.5 Å². The maximum absolute atomic E-state index is 9.67. The third-order valence-electron chi connectivity index (χ3n) is 2.61. The lowest BCUT2D eigenvalue weighted by molar-refractivity contribution is 0.129. The molecule has 5 nitrogen and oxygen atoms in total. The van der Waals surface area contributed by atoms with Crippen LogP contribution in [0.5, 0.6) is 0 Å². The molecular formula is C11H14N2O3. The number of furan rings is 1. The van der Waals surface area contributed by atoms with Crippen LogP contribution in [-0.2, 0) is 0 Å². The van der Waals surface area contributed by atoms with Crippen LogP contribution in [0.1, 0.15) is 32.1 Å². The standard InChI is InChI=1S/C11H14N2O3/c1-3-9(14)7(2)11-12-10(13-16-11)8-4-5-15-6-8/h4-7,9,14H,3H2,1-2H3. The minimum atomic E-state index is -0.461. The van der Waals surface area contributed by atoms with E-state index in [9.17, 15) is 5.11 Å². The van der Waals surface area contributed by atoms with Crippen molar-refractivity contribution in [2.45, 2.75) is 32.3 Å². The Kier molecular flexibility index (Phi) is 3.05. The number of hydrogen-bond acceptors (Lipinski definition) is 5. The predicted octanol–water partition coefficient (Wildman–Crippen LogP) is 2.20. The summed E-state index contributed by atoms with van der Waals surface area (Å²) in [6.07, 6.45) is 3.30. The third kappa shape index (κ3) is 1.99. The number of nitrogens with zero attached hydrogens (tertiary/aromatic N) is 2. The summed E-state index contributed by atoms with van der Waals surface area (Å²) >= 11 is 0. The van der Waals surface area contributed by atoms with E-state index in [2.05, 4.69) is 10.1 Å². The molecule has 0 amide bonds. The van der Waals surface area contributed by atoms with Crippen LogP contribution >= 0.6 is 0 Å². The van der Waals surface area contributed by atoms with Gasteiger partial charge in [0.05, 0.1) is 23.8 Å². The fraction of sp³-hybridized carbons (Fsp3) is 0.455. The second-order valence-electron chi connectivity index (χ2n) is 3.73. The third-order valence-corrected chi connectivity index (χ3v) is 2.61. The SMILES string of the molecule is CCC(O)C(C)c1nc(-c2ccoc2)no1. The zero-order valence-corrected chi connectivity index (χ0v) is 9.25. The van der Waals surface area contributed by atoms with Gasteiger partial charge in [0.1, 0.15) is 6.26 Å². The van der Waals surface area contributed by atoms with Crippen molar-refractivity contribution in [1.29, 1.82) is 0 Å². The van der Waals surface area contributed by atoms with E-state index in [1.165, 1.54) is 0 Å². The fourth-order valence-corrected chi connectivity index (χ4v) is 1.45. The lowest BCUT2D eigenvalue weighted by Crippen LogP contribution is -2.14. The topological polar surface area (TPSA) is 72.3 Å². The van der Waals surface area contributed by atoms with E-state index in [1.54, 1.807) is 18.6 Å². The van der Waals surface area contributed by atoms with Crippen molar-refractivity contribution >= 4 is 0 Å². The van der Waals surface area contributed by atoms with Gasteiger partial charge in [-0.2, -0.15) is 4.98 Å². The largest absolute Gasteiger partial charge is 0.472 e. The maximum atomic E-state index is 9.67. The lowest BCUT2D eigenvalue weighted by Gasteiger charge is -2.11. The van der Waals surface area contributed by atoms with E-state index in [-0.39, 0.29) is 5.92 Å². The highest BCUT2D eigenvalue weighted by Crippen LogP contribution is 2.23. The minimum absolute atomic E-state index is 0.154. The summed E-state index contributed by atoms with van der Waals surface area (Å²) in [6.45, 7) is 3.77. The number of aliphatic hydroxyl groups excluding tert-OH is 1. The molecule has 0 spiro atoms. The molecule has 2 aromatic heterocycles. The molecule has 0 saturated carbocycles. The molecule has 2 heterocycles. The van der Waals surface area contributed by atoms with Gasteiger partial charge < -0.3 is 14.0 Å². The summed E-state index contributed by atoms with van der Waals surface area (Å²) in [5, 5.41) is 13.5. The molecule has 0 aliphatic heterocycles. The highest BCUT2D eigenvalue weighted by atomic mass is 16.5. The van der Waals surface area contributed by atoms with Gasteiger partial charge in [-0.1, -0.05) is 19.0 Å². The number of hydrogen-bond donors (Lipinski definition) is 1. The van der Waals surface area contributed by atoms with Gasteiger partial charge in [-0.3, -0.25) is 0 Å². The molecule has 0 radical (unpaired) electrons. The molecule has 0 aromatic carbocycles. The molecule has 1 N–H and O–H groups in total. The highest BCUT2D eigenvalue weighted by Gasteiger charge is 2.21. The van der Waals surface area contributed by atoms with Crippen molar-refractivity contribution in [1.82, 2.24) is 10.1 Å². The normalized spacial score (nSPS) is 14.9. The van der Waals surface area contributed by atoms with Crippen LogP contribution in [-0.4, -0.2) is 21.4 Å². The van der Waals surface area contributed by atoms with Crippen LogP contribution < -0.4 is 0 Å². The molecule has 0 aliphatic rings.